The van der Waals surface area contributed by atoms with Crippen molar-refractivity contribution in [3.63, 3.8) is 0 Å². The van der Waals surface area contributed by atoms with Gasteiger partial charge in [0.05, 0.1) is 25.3 Å². The van der Waals surface area contributed by atoms with Crippen molar-refractivity contribution in [3.8, 4) is 0 Å². The molecule has 23 heavy (non-hydrogen) atoms. The zero-order valence-electron chi connectivity index (χ0n) is 14.4. The van der Waals surface area contributed by atoms with Crippen LogP contribution in [0.3, 0.4) is 0 Å². The molecule has 1 amide bonds. The number of nitrogens with zero attached hydrogens (tertiary/aromatic N) is 1. The van der Waals surface area contributed by atoms with Crippen molar-refractivity contribution in [1.29, 1.82) is 0 Å². The molecule has 128 valence electrons. The Kier molecular flexibility index (Phi) is 6.57. The Labute approximate surface area is 139 Å². The number of morpholine rings is 1. The highest BCUT2D eigenvalue weighted by atomic mass is 16.5. The molecule has 0 aliphatic carbocycles. The second-order valence-electron chi connectivity index (χ2n) is 6.59. The fraction of sp³-hybridized carbons (Fsp3) is 0.611. The standard InChI is InChI=1S/C18H29N3O2/c1-13(2)17(19)18(22)20-12-16(21-8-10-23-11-9-21)15-6-4-14(3)5-7-15/h4-7,13,16-17H,8-12,19H2,1-3H3,(H,20,22)/t16?,17-/m0/s1. The molecule has 1 aromatic carbocycles. The Morgan fingerprint density at radius 1 is 1.26 bits per heavy atom. The van der Waals surface area contributed by atoms with E-state index >= 15 is 0 Å². The van der Waals surface area contributed by atoms with E-state index in [0.717, 1.165) is 26.3 Å². The van der Waals surface area contributed by atoms with Crippen LogP contribution in [0.5, 0.6) is 0 Å². The van der Waals surface area contributed by atoms with Gasteiger partial charge in [0.2, 0.25) is 5.91 Å². The van der Waals surface area contributed by atoms with Crippen molar-refractivity contribution in [1.82, 2.24) is 10.2 Å². The number of aryl methyl sites for hydroxylation is 1. The van der Waals surface area contributed by atoms with Gasteiger partial charge in [0.1, 0.15) is 0 Å². The maximum atomic E-state index is 12.2. The highest BCUT2D eigenvalue weighted by Crippen LogP contribution is 2.22. The van der Waals surface area contributed by atoms with E-state index in [4.69, 9.17) is 10.5 Å². The molecule has 0 bridgehead atoms. The van der Waals surface area contributed by atoms with Crippen molar-refractivity contribution < 1.29 is 9.53 Å². The summed E-state index contributed by atoms with van der Waals surface area (Å²) in [5.74, 6) is 0.0570. The fourth-order valence-electron chi connectivity index (χ4n) is 2.75. The van der Waals surface area contributed by atoms with Crippen LogP contribution in [0.15, 0.2) is 24.3 Å². The molecule has 1 aromatic rings. The van der Waals surface area contributed by atoms with E-state index in [9.17, 15) is 4.79 Å². The minimum atomic E-state index is -0.460. The zero-order chi connectivity index (χ0) is 16.8. The number of rotatable bonds is 6. The Bertz CT molecular complexity index is 495. The molecule has 0 saturated carbocycles. The number of hydrogen-bond acceptors (Lipinski definition) is 4. The summed E-state index contributed by atoms with van der Waals surface area (Å²) in [5, 5.41) is 3.03. The van der Waals surface area contributed by atoms with Crippen molar-refractivity contribution in [2.24, 2.45) is 11.7 Å². The molecule has 1 saturated heterocycles. The molecule has 2 atom stereocenters. The second-order valence-corrected chi connectivity index (χ2v) is 6.59. The van der Waals surface area contributed by atoms with E-state index in [2.05, 4.69) is 41.4 Å². The number of carbonyl (C=O) groups excluding carboxylic acids is 1. The van der Waals surface area contributed by atoms with Crippen LogP contribution in [-0.4, -0.2) is 49.7 Å². The molecule has 1 aliphatic rings. The zero-order valence-corrected chi connectivity index (χ0v) is 14.4. The minimum Gasteiger partial charge on any atom is -0.379 e. The molecule has 3 N–H and O–H groups in total. The molecule has 1 aliphatic heterocycles. The van der Waals surface area contributed by atoms with Crippen LogP contribution in [0.1, 0.15) is 31.0 Å². The number of carbonyl (C=O) groups is 1. The van der Waals surface area contributed by atoms with E-state index in [0.29, 0.717) is 6.54 Å². The summed E-state index contributed by atoms with van der Waals surface area (Å²) in [6.45, 7) is 9.81. The highest BCUT2D eigenvalue weighted by Gasteiger charge is 2.24. The molecule has 2 rings (SSSR count). The van der Waals surface area contributed by atoms with E-state index in [1.165, 1.54) is 11.1 Å². The van der Waals surface area contributed by atoms with Crippen LogP contribution >= 0.6 is 0 Å². The first-order valence-electron chi connectivity index (χ1n) is 8.40. The molecule has 0 spiro atoms. The van der Waals surface area contributed by atoms with Gasteiger partial charge in [0.25, 0.3) is 0 Å². The molecule has 5 nitrogen and oxygen atoms in total. The molecule has 1 unspecified atom stereocenters. The summed E-state index contributed by atoms with van der Waals surface area (Å²) in [5.41, 5.74) is 8.39. The number of benzene rings is 1. The van der Waals surface area contributed by atoms with E-state index in [-0.39, 0.29) is 17.9 Å². The van der Waals surface area contributed by atoms with Gasteiger partial charge in [-0.05, 0) is 18.4 Å². The van der Waals surface area contributed by atoms with Crippen molar-refractivity contribution in [2.75, 3.05) is 32.8 Å². The van der Waals surface area contributed by atoms with E-state index in [1.54, 1.807) is 0 Å². The van der Waals surface area contributed by atoms with Crippen LogP contribution in [0, 0.1) is 12.8 Å². The average Bonchev–Trinajstić information content (AvgIpc) is 2.56. The molecule has 5 heteroatoms. The Morgan fingerprint density at radius 3 is 2.43 bits per heavy atom. The largest absolute Gasteiger partial charge is 0.379 e. The molecule has 0 radical (unpaired) electrons. The normalized spacial score (nSPS) is 18.7. The maximum Gasteiger partial charge on any atom is 0.237 e. The maximum absolute atomic E-state index is 12.2. The van der Waals surface area contributed by atoms with Crippen LogP contribution in [-0.2, 0) is 9.53 Å². The van der Waals surface area contributed by atoms with Crippen LogP contribution < -0.4 is 11.1 Å². The summed E-state index contributed by atoms with van der Waals surface area (Å²) >= 11 is 0. The third-order valence-electron chi connectivity index (χ3n) is 4.44. The van der Waals surface area contributed by atoms with Gasteiger partial charge < -0.3 is 15.8 Å². The summed E-state index contributed by atoms with van der Waals surface area (Å²) in [6.07, 6.45) is 0. The van der Waals surface area contributed by atoms with Gasteiger partial charge in [0.15, 0.2) is 0 Å². The van der Waals surface area contributed by atoms with Crippen LogP contribution in [0.2, 0.25) is 0 Å². The minimum absolute atomic E-state index is 0.0784. The van der Waals surface area contributed by atoms with Gasteiger partial charge in [-0.1, -0.05) is 43.7 Å². The average molecular weight is 319 g/mol. The van der Waals surface area contributed by atoms with Crippen molar-refractivity contribution >= 4 is 5.91 Å². The summed E-state index contributed by atoms with van der Waals surface area (Å²) in [7, 11) is 0. The number of hydrogen-bond donors (Lipinski definition) is 2. The molecular weight excluding hydrogens is 290 g/mol. The monoisotopic (exact) mass is 319 g/mol. The lowest BCUT2D eigenvalue weighted by atomic mass is 10.0. The predicted molar refractivity (Wildman–Crippen MR) is 92.1 cm³/mol. The number of amides is 1. The van der Waals surface area contributed by atoms with Gasteiger partial charge in [-0.3, -0.25) is 9.69 Å². The molecule has 1 fully saturated rings. The van der Waals surface area contributed by atoms with E-state index < -0.39 is 6.04 Å². The first-order chi connectivity index (χ1) is 11.0. The third kappa shape index (κ3) is 5.03. The predicted octanol–water partition coefficient (Wildman–Crippen LogP) is 1.47. The topological polar surface area (TPSA) is 67.6 Å². The first-order valence-corrected chi connectivity index (χ1v) is 8.40. The smallest absolute Gasteiger partial charge is 0.237 e. The lowest BCUT2D eigenvalue weighted by Crippen LogP contribution is -2.48. The van der Waals surface area contributed by atoms with Gasteiger partial charge in [-0.2, -0.15) is 0 Å². The summed E-state index contributed by atoms with van der Waals surface area (Å²) in [6, 6.07) is 8.21. The van der Waals surface area contributed by atoms with E-state index in [1.807, 2.05) is 13.8 Å². The molecule has 0 aromatic heterocycles. The second kappa shape index (κ2) is 8.43. The van der Waals surface area contributed by atoms with Gasteiger partial charge >= 0.3 is 0 Å². The molecular formula is C18H29N3O2. The number of ether oxygens (including phenoxy) is 1. The SMILES string of the molecule is Cc1ccc(C(CNC(=O)[C@@H](N)C(C)C)N2CCOCC2)cc1. The fourth-order valence-corrected chi connectivity index (χ4v) is 2.75. The van der Waals surface area contributed by atoms with Crippen LogP contribution in [0.4, 0.5) is 0 Å². The van der Waals surface area contributed by atoms with Gasteiger partial charge in [-0.15, -0.1) is 0 Å². The Balaban J connectivity index is 2.07. The summed E-state index contributed by atoms with van der Waals surface area (Å²) < 4.78 is 5.45. The lowest BCUT2D eigenvalue weighted by molar-refractivity contribution is -0.123. The van der Waals surface area contributed by atoms with Crippen molar-refractivity contribution in [3.05, 3.63) is 35.4 Å². The number of nitrogens with two attached hydrogens (primary N) is 1. The Hall–Kier alpha value is -1.43. The molecule has 1 heterocycles. The van der Waals surface area contributed by atoms with Gasteiger partial charge in [0, 0.05) is 19.6 Å². The van der Waals surface area contributed by atoms with Crippen LogP contribution in [0.25, 0.3) is 0 Å². The first kappa shape index (κ1) is 17.9. The number of nitrogens with one attached hydrogen (secondary N) is 1. The third-order valence-corrected chi connectivity index (χ3v) is 4.44. The highest BCUT2D eigenvalue weighted by molar-refractivity contribution is 5.81. The van der Waals surface area contributed by atoms with Gasteiger partial charge in [-0.25, -0.2) is 0 Å². The van der Waals surface area contributed by atoms with Crippen molar-refractivity contribution in [2.45, 2.75) is 32.9 Å². The Morgan fingerprint density at radius 2 is 1.87 bits per heavy atom. The quantitative estimate of drug-likeness (QED) is 0.833. The summed E-state index contributed by atoms with van der Waals surface area (Å²) in [4.78, 5) is 14.5. The lowest BCUT2D eigenvalue weighted by Gasteiger charge is -2.35.